The van der Waals surface area contributed by atoms with Gasteiger partial charge in [-0.1, -0.05) is 31.4 Å². The number of carboxylic acid groups (broad SMARTS) is 1. The van der Waals surface area contributed by atoms with Gasteiger partial charge in [-0.2, -0.15) is 0 Å². The minimum atomic E-state index is -1.06. The van der Waals surface area contributed by atoms with Crippen LogP contribution in [0.4, 0.5) is 0 Å². The van der Waals surface area contributed by atoms with E-state index in [0.29, 0.717) is 6.42 Å². The molecule has 1 unspecified atom stereocenters. The van der Waals surface area contributed by atoms with Gasteiger partial charge in [0.2, 0.25) is 0 Å². The second-order valence-electron chi connectivity index (χ2n) is 4.53. The fraction of sp³-hybridized carbons (Fsp3) is 0.429. The van der Waals surface area contributed by atoms with E-state index in [-0.39, 0.29) is 11.3 Å². The highest BCUT2D eigenvalue weighted by atomic mass is 16.4. The van der Waals surface area contributed by atoms with E-state index in [1.165, 1.54) is 12.1 Å². The molecule has 5 heteroatoms. The summed E-state index contributed by atoms with van der Waals surface area (Å²) in [5.41, 5.74) is 0.922. The average Bonchev–Trinajstić information content (AvgIpc) is 2.36. The highest BCUT2D eigenvalue weighted by Gasteiger charge is 2.21. The largest absolute Gasteiger partial charge is 0.507 e. The molecule has 0 fully saturated rings. The first kappa shape index (κ1) is 15.0. The van der Waals surface area contributed by atoms with Crippen molar-refractivity contribution >= 4 is 11.9 Å². The minimum Gasteiger partial charge on any atom is -0.507 e. The molecule has 0 bridgehead atoms. The van der Waals surface area contributed by atoms with Crippen LogP contribution in [0.2, 0.25) is 0 Å². The lowest BCUT2D eigenvalue weighted by Crippen LogP contribution is -2.40. The number of carbonyl (C=O) groups is 2. The van der Waals surface area contributed by atoms with Crippen molar-refractivity contribution in [3.05, 3.63) is 29.3 Å². The zero-order chi connectivity index (χ0) is 14.4. The second kappa shape index (κ2) is 6.78. The van der Waals surface area contributed by atoms with Crippen LogP contribution in [0.15, 0.2) is 18.2 Å². The van der Waals surface area contributed by atoms with Crippen LogP contribution in [0.25, 0.3) is 0 Å². The molecule has 0 aliphatic carbocycles. The van der Waals surface area contributed by atoms with E-state index in [2.05, 4.69) is 5.32 Å². The van der Waals surface area contributed by atoms with E-state index < -0.39 is 17.9 Å². The Hall–Kier alpha value is -2.04. The van der Waals surface area contributed by atoms with Gasteiger partial charge >= 0.3 is 5.97 Å². The number of phenols is 1. The molecule has 1 rings (SSSR count). The molecule has 5 nitrogen and oxygen atoms in total. The molecule has 1 amide bonds. The maximum atomic E-state index is 12.0. The van der Waals surface area contributed by atoms with Gasteiger partial charge in [0.25, 0.3) is 5.91 Å². The number of nitrogens with one attached hydrogen (secondary N) is 1. The first-order valence-electron chi connectivity index (χ1n) is 6.29. The number of aryl methyl sites for hydroxylation is 1. The molecule has 1 aromatic carbocycles. The lowest BCUT2D eigenvalue weighted by atomic mass is 10.1. The predicted molar refractivity (Wildman–Crippen MR) is 71.3 cm³/mol. The van der Waals surface area contributed by atoms with Gasteiger partial charge in [0, 0.05) is 0 Å². The number of amides is 1. The van der Waals surface area contributed by atoms with E-state index in [1.807, 2.05) is 6.92 Å². The van der Waals surface area contributed by atoms with E-state index in [0.717, 1.165) is 18.4 Å². The fourth-order valence-electron chi connectivity index (χ4n) is 1.73. The normalized spacial score (nSPS) is 11.9. The Balaban J connectivity index is 2.81. The van der Waals surface area contributed by atoms with E-state index in [4.69, 9.17) is 5.11 Å². The third kappa shape index (κ3) is 4.28. The molecule has 19 heavy (non-hydrogen) atoms. The summed E-state index contributed by atoms with van der Waals surface area (Å²) in [6, 6.07) is 3.71. The maximum absolute atomic E-state index is 12.0. The molecule has 0 heterocycles. The Morgan fingerprint density at radius 1 is 1.37 bits per heavy atom. The molecular weight excluding hydrogens is 246 g/mol. The lowest BCUT2D eigenvalue weighted by molar-refractivity contribution is -0.139. The summed E-state index contributed by atoms with van der Waals surface area (Å²) in [7, 11) is 0. The van der Waals surface area contributed by atoms with Gasteiger partial charge in [0.1, 0.15) is 11.8 Å². The third-order valence-corrected chi connectivity index (χ3v) is 2.85. The fourth-order valence-corrected chi connectivity index (χ4v) is 1.73. The predicted octanol–water partition coefficient (Wildman–Crippen LogP) is 2.07. The molecule has 0 saturated carbocycles. The summed E-state index contributed by atoms with van der Waals surface area (Å²) < 4.78 is 0. The molecular formula is C14H19NO4. The topological polar surface area (TPSA) is 86.6 Å². The van der Waals surface area contributed by atoms with E-state index >= 15 is 0 Å². The number of hydrogen-bond acceptors (Lipinski definition) is 3. The Kier molecular flexibility index (Phi) is 5.36. The van der Waals surface area contributed by atoms with Crippen molar-refractivity contribution in [1.82, 2.24) is 5.32 Å². The van der Waals surface area contributed by atoms with Crippen LogP contribution >= 0.6 is 0 Å². The minimum absolute atomic E-state index is 0.0998. The van der Waals surface area contributed by atoms with Gasteiger partial charge in [0.05, 0.1) is 5.56 Å². The average molecular weight is 265 g/mol. The Bertz CT molecular complexity index is 471. The van der Waals surface area contributed by atoms with Crippen molar-refractivity contribution < 1.29 is 19.8 Å². The molecule has 1 aromatic rings. The van der Waals surface area contributed by atoms with Crippen LogP contribution in [-0.4, -0.2) is 28.1 Å². The number of aromatic hydroxyl groups is 1. The number of rotatable bonds is 6. The first-order chi connectivity index (χ1) is 8.95. The molecule has 0 saturated heterocycles. The van der Waals surface area contributed by atoms with Crippen LogP contribution in [0.3, 0.4) is 0 Å². The molecule has 0 aliphatic rings. The summed E-state index contributed by atoms with van der Waals surface area (Å²) in [5.74, 6) is -1.78. The zero-order valence-corrected chi connectivity index (χ0v) is 11.1. The number of unbranched alkanes of at least 4 members (excludes halogenated alkanes) is 1. The second-order valence-corrected chi connectivity index (χ2v) is 4.53. The Morgan fingerprint density at radius 3 is 2.63 bits per heavy atom. The van der Waals surface area contributed by atoms with E-state index in [9.17, 15) is 14.7 Å². The van der Waals surface area contributed by atoms with Gasteiger partial charge in [-0.05, 0) is 25.5 Å². The quantitative estimate of drug-likeness (QED) is 0.735. The van der Waals surface area contributed by atoms with Gasteiger partial charge in [0.15, 0.2) is 0 Å². The van der Waals surface area contributed by atoms with Gasteiger partial charge < -0.3 is 15.5 Å². The van der Waals surface area contributed by atoms with Gasteiger partial charge in [-0.15, -0.1) is 0 Å². The van der Waals surface area contributed by atoms with Crippen LogP contribution in [0, 0.1) is 6.92 Å². The van der Waals surface area contributed by atoms with Crippen LogP contribution in [-0.2, 0) is 4.79 Å². The monoisotopic (exact) mass is 265 g/mol. The van der Waals surface area contributed by atoms with Crippen LogP contribution < -0.4 is 5.32 Å². The highest BCUT2D eigenvalue weighted by Crippen LogP contribution is 2.18. The summed E-state index contributed by atoms with van der Waals surface area (Å²) in [5, 5.41) is 21.1. The molecule has 1 atom stereocenters. The smallest absolute Gasteiger partial charge is 0.326 e. The van der Waals surface area contributed by atoms with E-state index in [1.54, 1.807) is 13.0 Å². The summed E-state index contributed by atoms with van der Waals surface area (Å²) in [6.45, 7) is 3.75. The van der Waals surface area contributed by atoms with Crippen LogP contribution in [0.1, 0.15) is 42.1 Å². The van der Waals surface area contributed by atoms with Crippen molar-refractivity contribution in [3.8, 4) is 5.75 Å². The number of hydrogen-bond donors (Lipinski definition) is 3. The first-order valence-corrected chi connectivity index (χ1v) is 6.29. The summed E-state index contributed by atoms with van der Waals surface area (Å²) in [4.78, 5) is 23.0. The number of carboxylic acids is 1. The third-order valence-electron chi connectivity index (χ3n) is 2.85. The molecule has 0 radical (unpaired) electrons. The number of phenolic OH excluding ortho intramolecular Hbond substituents is 1. The summed E-state index contributed by atoms with van der Waals surface area (Å²) >= 11 is 0. The van der Waals surface area contributed by atoms with Crippen molar-refractivity contribution in [2.75, 3.05) is 0 Å². The van der Waals surface area contributed by atoms with Crippen LogP contribution in [0.5, 0.6) is 5.75 Å². The van der Waals surface area contributed by atoms with Gasteiger partial charge in [-0.3, -0.25) is 4.79 Å². The van der Waals surface area contributed by atoms with Crippen molar-refractivity contribution in [3.63, 3.8) is 0 Å². The molecule has 0 aliphatic heterocycles. The SMILES string of the molecule is CCCCC(NC(=O)c1cc(C)ccc1O)C(=O)O. The number of carbonyl (C=O) groups excluding carboxylic acids is 1. The van der Waals surface area contributed by atoms with Crippen molar-refractivity contribution in [1.29, 1.82) is 0 Å². The Labute approximate surface area is 112 Å². The molecule has 104 valence electrons. The van der Waals surface area contributed by atoms with Crippen molar-refractivity contribution in [2.24, 2.45) is 0 Å². The number of aliphatic carboxylic acids is 1. The standard InChI is InChI=1S/C14H19NO4/c1-3-4-5-11(14(18)19)15-13(17)10-8-9(2)6-7-12(10)16/h6-8,11,16H,3-5H2,1-2H3,(H,15,17)(H,18,19). The molecule has 0 aromatic heterocycles. The molecule has 3 N–H and O–H groups in total. The van der Waals surface area contributed by atoms with Gasteiger partial charge in [-0.25, -0.2) is 4.79 Å². The zero-order valence-electron chi connectivity index (χ0n) is 11.1. The van der Waals surface area contributed by atoms with Crippen molar-refractivity contribution in [2.45, 2.75) is 39.2 Å². The summed E-state index contributed by atoms with van der Waals surface area (Å²) in [6.07, 6.45) is 1.95. The maximum Gasteiger partial charge on any atom is 0.326 e. The Morgan fingerprint density at radius 2 is 2.05 bits per heavy atom. The molecule has 0 spiro atoms. The highest BCUT2D eigenvalue weighted by molar-refractivity contribution is 5.98. The number of benzene rings is 1. The lowest BCUT2D eigenvalue weighted by Gasteiger charge is -2.14.